The zero-order valence-electron chi connectivity index (χ0n) is 12.1. The summed E-state index contributed by atoms with van der Waals surface area (Å²) in [6.07, 6.45) is 4.32. The van der Waals surface area contributed by atoms with Gasteiger partial charge in [-0.05, 0) is 47.9 Å². The number of esters is 1. The predicted octanol–water partition coefficient (Wildman–Crippen LogP) is 4.83. The molecule has 0 atom stereocenters. The van der Waals surface area contributed by atoms with Crippen molar-refractivity contribution in [2.75, 3.05) is 12.4 Å². The summed E-state index contributed by atoms with van der Waals surface area (Å²) in [4.78, 5) is 12.2. The topological polar surface area (TPSA) is 26.3 Å². The first-order valence-electron chi connectivity index (χ1n) is 7.20. The molecule has 0 N–H and O–H groups in total. The van der Waals surface area contributed by atoms with Crippen LogP contribution in [0.2, 0.25) is 0 Å². The molecule has 0 fully saturated rings. The van der Waals surface area contributed by atoms with Crippen molar-refractivity contribution < 1.29 is 9.53 Å². The fourth-order valence-corrected chi connectivity index (χ4v) is 3.02. The van der Waals surface area contributed by atoms with Crippen LogP contribution in [0.3, 0.4) is 0 Å². The lowest BCUT2D eigenvalue weighted by Crippen LogP contribution is -2.01. The van der Waals surface area contributed by atoms with E-state index in [-0.39, 0.29) is 5.97 Å². The average molecular weight is 300 g/mol. The van der Waals surface area contributed by atoms with Crippen molar-refractivity contribution in [3.63, 3.8) is 0 Å². The van der Waals surface area contributed by atoms with Crippen LogP contribution in [0.5, 0.6) is 0 Å². The molecule has 0 aliphatic heterocycles. The van der Waals surface area contributed by atoms with E-state index < -0.39 is 0 Å². The molecule has 2 aromatic carbocycles. The van der Waals surface area contributed by atoms with Crippen molar-refractivity contribution in [3.8, 4) is 0 Å². The highest BCUT2D eigenvalue weighted by molar-refractivity contribution is 7.99. The number of rotatable bonds is 8. The average Bonchev–Trinajstić information content (AvgIpc) is 2.53. The minimum atomic E-state index is -0.333. The van der Waals surface area contributed by atoms with Gasteiger partial charge in [0.1, 0.15) is 0 Å². The minimum absolute atomic E-state index is 0.333. The predicted molar refractivity (Wildman–Crippen MR) is 89.7 cm³/mol. The Morgan fingerprint density at radius 3 is 2.71 bits per heavy atom. The highest BCUT2D eigenvalue weighted by atomic mass is 32.2. The standard InChI is InChI=1S/C18H20O2S/c1-2-18(19)20-12-6-3-7-13-21-17-11-10-15-8-4-5-9-16(15)14-17/h2,4-5,8-11,14H,1,3,6-7,12-13H2. The lowest BCUT2D eigenvalue weighted by atomic mass is 10.1. The molecule has 2 nitrogen and oxygen atoms in total. The third-order valence-corrected chi connectivity index (χ3v) is 4.27. The number of carbonyl (C=O) groups excluding carboxylic acids is 1. The van der Waals surface area contributed by atoms with Crippen LogP contribution in [-0.2, 0) is 9.53 Å². The smallest absolute Gasteiger partial charge is 0.330 e. The first-order chi connectivity index (χ1) is 10.3. The van der Waals surface area contributed by atoms with Crippen LogP contribution in [-0.4, -0.2) is 18.3 Å². The third kappa shape index (κ3) is 5.27. The van der Waals surface area contributed by atoms with Crippen LogP contribution >= 0.6 is 11.8 Å². The van der Waals surface area contributed by atoms with Crippen molar-refractivity contribution in [1.29, 1.82) is 0 Å². The van der Waals surface area contributed by atoms with E-state index in [1.807, 2.05) is 11.8 Å². The Balaban J connectivity index is 1.66. The molecule has 0 aromatic heterocycles. The normalized spacial score (nSPS) is 10.5. The van der Waals surface area contributed by atoms with E-state index in [0.717, 1.165) is 25.0 Å². The van der Waals surface area contributed by atoms with Crippen molar-refractivity contribution in [1.82, 2.24) is 0 Å². The van der Waals surface area contributed by atoms with E-state index >= 15 is 0 Å². The molecule has 0 unspecified atom stereocenters. The van der Waals surface area contributed by atoms with Gasteiger partial charge in [-0.15, -0.1) is 11.8 Å². The molecule has 0 saturated carbocycles. The molecule has 0 radical (unpaired) electrons. The van der Waals surface area contributed by atoms with Crippen LogP contribution in [0.1, 0.15) is 19.3 Å². The molecule has 2 rings (SSSR count). The number of unbranched alkanes of at least 4 members (excludes halogenated alkanes) is 2. The molecule has 0 aliphatic rings. The van der Waals surface area contributed by atoms with Gasteiger partial charge in [-0.1, -0.05) is 36.9 Å². The van der Waals surface area contributed by atoms with Gasteiger partial charge in [-0.25, -0.2) is 4.79 Å². The fourth-order valence-electron chi connectivity index (χ4n) is 2.06. The van der Waals surface area contributed by atoms with Crippen molar-refractivity contribution in [3.05, 3.63) is 55.1 Å². The van der Waals surface area contributed by atoms with Crippen molar-refractivity contribution in [2.24, 2.45) is 0 Å². The Bertz CT molecular complexity index is 607. The molecule has 0 bridgehead atoms. The summed E-state index contributed by atoms with van der Waals surface area (Å²) in [6.45, 7) is 3.86. The Morgan fingerprint density at radius 1 is 1.10 bits per heavy atom. The number of hydrogen-bond donors (Lipinski definition) is 0. The van der Waals surface area contributed by atoms with Gasteiger partial charge in [0, 0.05) is 11.0 Å². The highest BCUT2D eigenvalue weighted by Crippen LogP contribution is 2.24. The molecular formula is C18H20O2S. The van der Waals surface area contributed by atoms with Crippen molar-refractivity contribution >= 4 is 28.5 Å². The summed E-state index contributed by atoms with van der Waals surface area (Å²) in [5.41, 5.74) is 0. The van der Waals surface area contributed by atoms with Crippen LogP contribution in [0.15, 0.2) is 60.0 Å². The lowest BCUT2D eigenvalue weighted by Gasteiger charge is -2.04. The molecule has 0 spiro atoms. The van der Waals surface area contributed by atoms with Gasteiger partial charge in [0.25, 0.3) is 0 Å². The van der Waals surface area contributed by atoms with Gasteiger partial charge < -0.3 is 4.74 Å². The van der Waals surface area contributed by atoms with Gasteiger partial charge >= 0.3 is 5.97 Å². The first kappa shape index (κ1) is 15.6. The van der Waals surface area contributed by atoms with E-state index in [9.17, 15) is 4.79 Å². The van der Waals surface area contributed by atoms with Gasteiger partial charge in [-0.3, -0.25) is 0 Å². The van der Waals surface area contributed by atoms with E-state index in [4.69, 9.17) is 4.74 Å². The van der Waals surface area contributed by atoms with Gasteiger partial charge in [0.15, 0.2) is 0 Å². The van der Waals surface area contributed by atoms with E-state index in [2.05, 4.69) is 49.0 Å². The molecule has 0 aliphatic carbocycles. The van der Waals surface area contributed by atoms with E-state index in [0.29, 0.717) is 6.61 Å². The maximum Gasteiger partial charge on any atom is 0.330 e. The number of fused-ring (bicyclic) bond motifs is 1. The second-order valence-electron chi connectivity index (χ2n) is 4.79. The monoisotopic (exact) mass is 300 g/mol. The highest BCUT2D eigenvalue weighted by Gasteiger charge is 1.98. The van der Waals surface area contributed by atoms with Gasteiger partial charge in [0.05, 0.1) is 6.61 Å². The second kappa shape index (κ2) is 8.53. The maximum atomic E-state index is 10.8. The molecular weight excluding hydrogens is 280 g/mol. The number of hydrogen-bond acceptors (Lipinski definition) is 3. The third-order valence-electron chi connectivity index (χ3n) is 3.19. The minimum Gasteiger partial charge on any atom is -0.463 e. The zero-order valence-corrected chi connectivity index (χ0v) is 12.9. The van der Waals surface area contributed by atoms with Crippen LogP contribution < -0.4 is 0 Å². The van der Waals surface area contributed by atoms with E-state index in [1.54, 1.807) is 0 Å². The molecule has 3 heteroatoms. The maximum absolute atomic E-state index is 10.8. The quantitative estimate of drug-likeness (QED) is 0.302. The summed E-state index contributed by atoms with van der Waals surface area (Å²) in [5, 5.41) is 2.57. The molecule has 2 aromatic rings. The Labute approximate surface area is 130 Å². The van der Waals surface area contributed by atoms with Gasteiger partial charge in [-0.2, -0.15) is 0 Å². The number of thioether (sulfide) groups is 1. The van der Waals surface area contributed by atoms with Gasteiger partial charge in [0.2, 0.25) is 0 Å². The SMILES string of the molecule is C=CC(=O)OCCCCCSc1ccc2ccccc2c1. The van der Waals surface area contributed by atoms with Crippen molar-refractivity contribution in [2.45, 2.75) is 24.2 Å². The summed E-state index contributed by atoms with van der Waals surface area (Å²) >= 11 is 1.88. The molecule has 0 saturated heterocycles. The summed E-state index contributed by atoms with van der Waals surface area (Å²) in [7, 11) is 0. The Morgan fingerprint density at radius 2 is 1.90 bits per heavy atom. The number of benzene rings is 2. The lowest BCUT2D eigenvalue weighted by molar-refractivity contribution is -0.137. The Kier molecular flexibility index (Phi) is 6.35. The molecule has 110 valence electrons. The largest absolute Gasteiger partial charge is 0.463 e. The van der Waals surface area contributed by atoms with Crippen LogP contribution in [0.25, 0.3) is 10.8 Å². The summed E-state index contributed by atoms with van der Waals surface area (Å²) < 4.78 is 4.94. The molecule has 0 amide bonds. The zero-order chi connectivity index (χ0) is 14.9. The van der Waals surface area contributed by atoms with Crippen LogP contribution in [0, 0.1) is 0 Å². The van der Waals surface area contributed by atoms with E-state index in [1.165, 1.54) is 21.7 Å². The van der Waals surface area contributed by atoms with Crippen LogP contribution in [0.4, 0.5) is 0 Å². The number of carbonyl (C=O) groups is 1. The fraction of sp³-hybridized carbons (Fsp3) is 0.278. The molecule has 0 heterocycles. The first-order valence-corrected chi connectivity index (χ1v) is 8.19. The Hall–Kier alpha value is -1.74. The summed E-state index contributed by atoms with van der Waals surface area (Å²) in [5.74, 6) is 0.758. The summed E-state index contributed by atoms with van der Waals surface area (Å²) in [6, 6.07) is 15.0. The second-order valence-corrected chi connectivity index (χ2v) is 5.96. The number of ether oxygens (including phenoxy) is 1. The molecule has 21 heavy (non-hydrogen) atoms.